The molecule has 1 aromatic heterocycles. The number of rotatable bonds is 2. The molecule has 1 heteroatoms. The summed E-state index contributed by atoms with van der Waals surface area (Å²) >= 11 is 0. The van der Waals surface area contributed by atoms with Crippen LogP contribution in [0.2, 0.25) is 0 Å². The van der Waals surface area contributed by atoms with Crippen molar-refractivity contribution in [1.82, 2.24) is 4.98 Å². The fourth-order valence-electron chi connectivity index (χ4n) is 2.40. The number of hydrogen-bond donors (Lipinski definition) is 1. The van der Waals surface area contributed by atoms with Crippen LogP contribution in [0, 0.1) is 6.92 Å². The van der Waals surface area contributed by atoms with Gasteiger partial charge in [0.2, 0.25) is 0 Å². The van der Waals surface area contributed by atoms with Crippen molar-refractivity contribution < 1.29 is 0 Å². The Morgan fingerprint density at radius 1 is 0.895 bits per heavy atom. The molecule has 0 atom stereocenters. The van der Waals surface area contributed by atoms with Gasteiger partial charge >= 0.3 is 0 Å². The molecule has 0 aliphatic heterocycles. The summed E-state index contributed by atoms with van der Waals surface area (Å²) in [4.78, 5) is 3.50. The van der Waals surface area contributed by atoms with Crippen molar-refractivity contribution in [2.24, 2.45) is 0 Å². The van der Waals surface area contributed by atoms with E-state index in [0.29, 0.717) is 5.92 Å². The van der Waals surface area contributed by atoms with Crippen LogP contribution in [0.5, 0.6) is 0 Å². The summed E-state index contributed by atoms with van der Waals surface area (Å²) in [7, 11) is 0. The quantitative estimate of drug-likeness (QED) is 0.637. The molecule has 0 aliphatic rings. The van der Waals surface area contributed by atoms with Crippen molar-refractivity contribution in [1.29, 1.82) is 0 Å². The van der Waals surface area contributed by atoms with Gasteiger partial charge in [0.1, 0.15) is 0 Å². The van der Waals surface area contributed by atoms with E-state index in [1.165, 1.54) is 33.3 Å². The van der Waals surface area contributed by atoms with Crippen LogP contribution in [0.1, 0.15) is 30.9 Å². The minimum Gasteiger partial charge on any atom is -0.355 e. The van der Waals surface area contributed by atoms with Crippen LogP contribution in [0.3, 0.4) is 0 Å². The van der Waals surface area contributed by atoms with E-state index >= 15 is 0 Å². The van der Waals surface area contributed by atoms with Gasteiger partial charge in [-0.15, -0.1) is 0 Å². The van der Waals surface area contributed by atoms with E-state index in [1.807, 2.05) is 0 Å². The zero-order chi connectivity index (χ0) is 13.4. The molecule has 0 amide bonds. The second kappa shape index (κ2) is 4.58. The lowest BCUT2D eigenvalue weighted by Crippen LogP contribution is -1.85. The standard InChI is InChI=1S/C18H19N/c1-12(2)15-8-9-17-16(10-15)11-18(19-17)14-6-4-13(3)5-7-14/h4-12,19H,1-3H3. The van der Waals surface area contributed by atoms with Crippen LogP contribution in [-0.2, 0) is 0 Å². The first-order valence-electron chi connectivity index (χ1n) is 6.83. The third kappa shape index (κ3) is 2.28. The first-order valence-corrected chi connectivity index (χ1v) is 6.83. The van der Waals surface area contributed by atoms with E-state index in [9.17, 15) is 0 Å². The molecule has 0 aliphatic carbocycles. The second-order valence-electron chi connectivity index (χ2n) is 5.55. The van der Waals surface area contributed by atoms with Crippen molar-refractivity contribution >= 4 is 10.9 Å². The summed E-state index contributed by atoms with van der Waals surface area (Å²) in [6.07, 6.45) is 0. The first-order chi connectivity index (χ1) is 9.13. The zero-order valence-electron chi connectivity index (χ0n) is 11.7. The molecular weight excluding hydrogens is 230 g/mol. The molecule has 0 unspecified atom stereocenters. The van der Waals surface area contributed by atoms with Gasteiger partial charge in [-0.1, -0.05) is 49.7 Å². The summed E-state index contributed by atoms with van der Waals surface area (Å²) in [5.41, 5.74) is 6.33. The lowest BCUT2D eigenvalue weighted by molar-refractivity contribution is 0.869. The maximum Gasteiger partial charge on any atom is 0.0464 e. The molecule has 0 bridgehead atoms. The van der Waals surface area contributed by atoms with Crippen LogP contribution < -0.4 is 0 Å². The van der Waals surface area contributed by atoms with Crippen LogP contribution in [0.4, 0.5) is 0 Å². The number of H-pyrrole nitrogens is 1. The average Bonchev–Trinajstić information content (AvgIpc) is 2.82. The number of aromatic nitrogens is 1. The highest BCUT2D eigenvalue weighted by molar-refractivity contribution is 5.86. The smallest absolute Gasteiger partial charge is 0.0464 e. The zero-order valence-corrected chi connectivity index (χ0v) is 11.7. The SMILES string of the molecule is Cc1ccc(-c2cc3cc(C(C)C)ccc3[nH]2)cc1. The van der Waals surface area contributed by atoms with Crippen LogP contribution in [0.15, 0.2) is 48.5 Å². The maximum atomic E-state index is 3.50. The van der Waals surface area contributed by atoms with Crippen molar-refractivity contribution in [2.45, 2.75) is 26.7 Å². The highest BCUT2D eigenvalue weighted by Crippen LogP contribution is 2.27. The van der Waals surface area contributed by atoms with Crippen LogP contribution in [-0.4, -0.2) is 4.98 Å². The first kappa shape index (κ1) is 12.0. The molecule has 3 rings (SSSR count). The molecule has 1 N–H and O–H groups in total. The van der Waals surface area contributed by atoms with E-state index in [4.69, 9.17) is 0 Å². The van der Waals surface area contributed by atoms with Gasteiger partial charge in [0.15, 0.2) is 0 Å². The van der Waals surface area contributed by atoms with Crippen molar-refractivity contribution in [3.63, 3.8) is 0 Å². The summed E-state index contributed by atoms with van der Waals surface area (Å²) in [5.74, 6) is 0.571. The lowest BCUT2D eigenvalue weighted by Gasteiger charge is -2.03. The van der Waals surface area contributed by atoms with Crippen molar-refractivity contribution in [2.75, 3.05) is 0 Å². The summed E-state index contributed by atoms with van der Waals surface area (Å²) in [6, 6.07) is 17.6. The Morgan fingerprint density at radius 3 is 2.32 bits per heavy atom. The van der Waals surface area contributed by atoms with Gasteiger partial charge < -0.3 is 4.98 Å². The number of nitrogens with one attached hydrogen (secondary N) is 1. The van der Waals surface area contributed by atoms with E-state index in [2.05, 4.69) is 74.3 Å². The number of fused-ring (bicyclic) bond motifs is 1. The highest BCUT2D eigenvalue weighted by Gasteiger charge is 2.05. The van der Waals surface area contributed by atoms with E-state index in [1.54, 1.807) is 0 Å². The molecule has 0 saturated heterocycles. The molecule has 2 aromatic carbocycles. The van der Waals surface area contributed by atoms with Gasteiger partial charge in [-0.2, -0.15) is 0 Å². The summed E-state index contributed by atoms with van der Waals surface area (Å²) in [6.45, 7) is 6.58. The largest absolute Gasteiger partial charge is 0.355 e. The van der Waals surface area contributed by atoms with E-state index in [-0.39, 0.29) is 0 Å². The Balaban J connectivity index is 2.08. The third-order valence-corrected chi connectivity index (χ3v) is 3.67. The molecule has 1 nitrogen and oxygen atoms in total. The molecule has 96 valence electrons. The number of hydrogen-bond acceptors (Lipinski definition) is 0. The summed E-state index contributed by atoms with van der Waals surface area (Å²) < 4.78 is 0. The van der Waals surface area contributed by atoms with E-state index < -0.39 is 0 Å². The highest BCUT2D eigenvalue weighted by atomic mass is 14.7. The Bertz CT molecular complexity index is 702. The fraction of sp³-hybridized carbons (Fsp3) is 0.222. The topological polar surface area (TPSA) is 15.8 Å². The third-order valence-electron chi connectivity index (χ3n) is 3.67. The predicted molar refractivity (Wildman–Crippen MR) is 82.6 cm³/mol. The molecule has 19 heavy (non-hydrogen) atoms. The minimum absolute atomic E-state index is 0.571. The minimum atomic E-state index is 0.571. The Morgan fingerprint density at radius 2 is 1.63 bits per heavy atom. The monoisotopic (exact) mass is 249 g/mol. The molecule has 0 fully saturated rings. The maximum absolute atomic E-state index is 3.50. The molecule has 0 saturated carbocycles. The molecule has 0 radical (unpaired) electrons. The molecular formula is C18H19N. The summed E-state index contributed by atoms with van der Waals surface area (Å²) in [5, 5.41) is 1.29. The number of benzene rings is 2. The average molecular weight is 249 g/mol. The Kier molecular flexibility index (Phi) is 2.90. The van der Waals surface area contributed by atoms with Crippen LogP contribution in [0.25, 0.3) is 22.2 Å². The van der Waals surface area contributed by atoms with Gasteiger partial charge in [-0.3, -0.25) is 0 Å². The predicted octanol–water partition coefficient (Wildman–Crippen LogP) is 5.27. The van der Waals surface area contributed by atoms with E-state index in [0.717, 1.165) is 0 Å². The van der Waals surface area contributed by atoms with Crippen molar-refractivity contribution in [3.05, 3.63) is 59.7 Å². The lowest BCUT2D eigenvalue weighted by atomic mass is 10.0. The number of aromatic amines is 1. The molecule has 0 spiro atoms. The number of aryl methyl sites for hydroxylation is 1. The van der Waals surface area contributed by atoms with Gasteiger partial charge in [-0.05, 0) is 42.2 Å². The Hall–Kier alpha value is -2.02. The Labute approximate surface area is 114 Å². The molecule has 3 aromatic rings. The molecule has 1 heterocycles. The van der Waals surface area contributed by atoms with Gasteiger partial charge in [0, 0.05) is 16.6 Å². The van der Waals surface area contributed by atoms with Crippen LogP contribution >= 0.6 is 0 Å². The normalized spacial score (nSPS) is 11.4. The van der Waals surface area contributed by atoms with Gasteiger partial charge in [0.05, 0.1) is 0 Å². The van der Waals surface area contributed by atoms with Gasteiger partial charge in [-0.25, -0.2) is 0 Å². The van der Waals surface area contributed by atoms with Crippen molar-refractivity contribution in [3.8, 4) is 11.3 Å². The fourth-order valence-corrected chi connectivity index (χ4v) is 2.40. The van der Waals surface area contributed by atoms with Gasteiger partial charge in [0.25, 0.3) is 0 Å². The second-order valence-corrected chi connectivity index (χ2v) is 5.55.